The van der Waals surface area contributed by atoms with Crippen LogP contribution in [-0.4, -0.2) is 32.3 Å². The molecule has 2 N–H and O–H groups in total. The Morgan fingerprint density at radius 1 is 1.32 bits per heavy atom. The molecule has 0 spiro atoms. The second-order valence-corrected chi connectivity index (χ2v) is 3.92. The Hall–Kier alpha value is -1.69. The van der Waals surface area contributed by atoms with Gasteiger partial charge in [-0.05, 0) is 20.4 Å². The van der Waals surface area contributed by atoms with Crippen LogP contribution in [0.25, 0.3) is 0 Å². The molecular weight excluding hydrogens is 245 g/mol. The van der Waals surface area contributed by atoms with Gasteiger partial charge in [0.05, 0.1) is 18.7 Å². The van der Waals surface area contributed by atoms with Crippen LogP contribution in [0, 0.1) is 6.92 Å². The molecule has 0 aliphatic carbocycles. The van der Waals surface area contributed by atoms with Gasteiger partial charge in [-0.15, -0.1) is 0 Å². The summed E-state index contributed by atoms with van der Waals surface area (Å²) >= 11 is 0. The van der Waals surface area contributed by atoms with Gasteiger partial charge in [0.15, 0.2) is 0 Å². The van der Waals surface area contributed by atoms with Crippen molar-refractivity contribution >= 4 is 0 Å². The van der Waals surface area contributed by atoms with E-state index in [1.54, 1.807) is 12.5 Å². The highest BCUT2D eigenvalue weighted by Crippen LogP contribution is 1.92. The lowest BCUT2D eigenvalue weighted by atomic mass is 10.3. The third kappa shape index (κ3) is 8.10. The van der Waals surface area contributed by atoms with Crippen LogP contribution in [0.1, 0.15) is 18.4 Å². The summed E-state index contributed by atoms with van der Waals surface area (Å²) in [5, 5.41) is 0. The summed E-state index contributed by atoms with van der Waals surface area (Å²) in [4.78, 5) is 8.07. The van der Waals surface area contributed by atoms with E-state index in [1.807, 2.05) is 42.5 Å². The SMILES string of the molecule is CCF.Cc1nccn1C.Cn1cnc(CCN)c1. The van der Waals surface area contributed by atoms with Gasteiger partial charge in [-0.25, -0.2) is 9.97 Å². The third-order valence-electron chi connectivity index (χ3n) is 2.22. The highest BCUT2D eigenvalue weighted by Gasteiger charge is 1.91. The number of hydrogen-bond donors (Lipinski definition) is 1. The molecule has 2 aromatic rings. The molecule has 2 aromatic heterocycles. The van der Waals surface area contributed by atoms with Crippen molar-refractivity contribution < 1.29 is 4.39 Å². The smallest absolute Gasteiger partial charge is 0.105 e. The quantitative estimate of drug-likeness (QED) is 0.901. The average molecular weight is 269 g/mol. The molecule has 5 nitrogen and oxygen atoms in total. The average Bonchev–Trinajstić information content (AvgIpc) is 2.92. The van der Waals surface area contributed by atoms with Crippen molar-refractivity contribution in [2.45, 2.75) is 20.3 Å². The van der Waals surface area contributed by atoms with Crippen molar-refractivity contribution in [1.82, 2.24) is 19.1 Å². The summed E-state index contributed by atoms with van der Waals surface area (Å²) in [5.74, 6) is 1.06. The minimum atomic E-state index is -0.250. The van der Waals surface area contributed by atoms with Crippen molar-refractivity contribution in [2.24, 2.45) is 19.8 Å². The number of alkyl halides is 1. The molecule has 0 aliphatic heterocycles. The zero-order valence-corrected chi connectivity index (χ0v) is 12.2. The van der Waals surface area contributed by atoms with Crippen LogP contribution in [0.2, 0.25) is 0 Å². The Bertz CT molecular complexity index is 419. The van der Waals surface area contributed by atoms with Gasteiger partial charge in [0.1, 0.15) is 5.82 Å². The van der Waals surface area contributed by atoms with Gasteiger partial charge in [-0.1, -0.05) is 0 Å². The zero-order valence-electron chi connectivity index (χ0n) is 12.2. The van der Waals surface area contributed by atoms with E-state index in [4.69, 9.17) is 5.73 Å². The minimum Gasteiger partial charge on any atom is -0.340 e. The lowest BCUT2D eigenvalue weighted by Crippen LogP contribution is -2.02. The molecule has 0 radical (unpaired) electrons. The third-order valence-corrected chi connectivity index (χ3v) is 2.22. The Morgan fingerprint density at radius 2 is 1.95 bits per heavy atom. The number of aromatic nitrogens is 4. The van der Waals surface area contributed by atoms with Gasteiger partial charge in [0.25, 0.3) is 0 Å². The molecule has 0 unspecified atom stereocenters. The molecule has 0 bridgehead atoms. The van der Waals surface area contributed by atoms with Gasteiger partial charge in [-0.2, -0.15) is 0 Å². The Balaban J connectivity index is 0.000000289. The molecule has 108 valence electrons. The van der Waals surface area contributed by atoms with Crippen molar-refractivity contribution in [3.63, 3.8) is 0 Å². The van der Waals surface area contributed by atoms with Crippen LogP contribution < -0.4 is 5.73 Å². The topological polar surface area (TPSA) is 61.7 Å². The normalized spacial score (nSPS) is 9.16. The van der Waals surface area contributed by atoms with Gasteiger partial charge in [0.2, 0.25) is 0 Å². The summed E-state index contributed by atoms with van der Waals surface area (Å²) in [6.07, 6.45) is 8.35. The van der Waals surface area contributed by atoms with E-state index in [2.05, 4.69) is 9.97 Å². The van der Waals surface area contributed by atoms with Crippen LogP contribution in [0.5, 0.6) is 0 Å². The van der Waals surface area contributed by atoms with Crippen molar-refractivity contribution in [1.29, 1.82) is 0 Å². The molecule has 2 rings (SSSR count). The maximum absolute atomic E-state index is 10.3. The second kappa shape index (κ2) is 10.3. The summed E-state index contributed by atoms with van der Waals surface area (Å²) in [6, 6.07) is 0. The van der Waals surface area contributed by atoms with E-state index >= 15 is 0 Å². The van der Waals surface area contributed by atoms with E-state index < -0.39 is 0 Å². The predicted octanol–water partition coefficient (Wildman–Crippen LogP) is 1.63. The number of hydrogen-bond acceptors (Lipinski definition) is 3. The summed E-state index contributed by atoms with van der Waals surface area (Å²) < 4.78 is 14.2. The molecule has 0 amide bonds. The molecular formula is C13H24FN5. The first kappa shape index (κ1) is 17.3. The maximum atomic E-state index is 10.3. The van der Waals surface area contributed by atoms with Crippen LogP contribution >= 0.6 is 0 Å². The van der Waals surface area contributed by atoms with E-state index in [0.29, 0.717) is 6.54 Å². The van der Waals surface area contributed by atoms with E-state index in [9.17, 15) is 4.39 Å². The molecule has 0 fully saturated rings. The number of nitrogens with zero attached hydrogens (tertiary/aromatic N) is 4. The molecule has 2 heterocycles. The Morgan fingerprint density at radius 3 is 2.21 bits per heavy atom. The van der Waals surface area contributed by atoms with Crippen LogP contribution in [-0.2, 0) is 20.5 Å². The molecule has 6 heteroatoms. The van der Waals surface area contributed by atoms with Crippen LogP contribution in [0.4, 0.5) is 4.39 Å². The molecule has 0 atom stereocenters. The Labute approximate surface area is 114 Å². The summed E-state index contributed by atoms with van der Waals surface area (Å²) in [5.41, 5.74) is 6.39. The van der Waals surface area contributed by atoms with E-state index in [0.717, 1.165) is 17.9 Å². The first-order chi connectivity index (χ1) is 9.04. The van der Waals surface area contributed by atoms with Gasteiger partial charge in [-0.3, -0.25) is 4.39 Å². The van der Waals surface area contributed by atoms with Gasteiger partial charge < -0.3 is 14.9 Å². The minimum absolute atomic E-state index is 0.250. The monoisotopic (exact) mass is 269 g/mol. The maximum Gasteiger partial charge on any atom is 0.105 e. The number of rotatable bonds is 2. The zero-order chi connectivity index (χ0) is 14.7. The number of imidazole rings is 2. The fourth-order valence-electron chi connectivity index (χ4n) is 1.18. The van der Waals surface area contributed by atoms with E-state index in [1.165, 1.54) is 6.92 Å². The van der Waals surface area contributed by atoms with Crippen LogP contribution in [0.15, 0.2) is 24.9 Å². The molecule has 0 aromatic carbocycles. The molecule has 0 saturated carbocycles. The molecule has 0 saturated heterocycles. The van der Waals surface area contributed by atoms with E-state index in [-0.39, 0.29) is 6.67 Å². The fraction of sp³-hybridized carbons (Fsp3) is 0.538. The fourth-order valence-corrected chi connectivity index (χ4v) is 1.18. The summed E-state index contributed by atoms with van der Waals surface area (Å²) in [7, 11) is 3.93. The van der Waals surface area contributed by atoms with Crippen molar-refractivity contribution in [2.75, 3.05) is 13.2 Å². The van der Waals surface area contributed by atoms with Gasteiger partial charge in [0, 0.05) is 39.1 Å². The first-order valence-electron chi connectivity index (χ1n) is 6.21. The highest BCUT2D eigenvalue weighted by molar-refractivity contribution is 4.96. The van der Waals surface area contributed by atoms with Crippen molar-refractivity contribution in [3.05, 3.63) is 36.4 Å². The molecule has 0 aliphatic rings. The predicted molar refractivity (Wildman–Crippen MR) is 75.6 cm³/mol. The Kier molecular flexibility index (Phi) is 9.34. The van der Waals surface area contributed by atoms with Crippen molar-refractivity contribution in [3.8, 4) is 0 Å². The second-order valence-electron chi connectivity index (χ2n) is 3.92. The first-order valence-corrected chi connectivity index (χ1v) is 6.21. The van der Waals surface area contributed by atoms with Gasteiger partial charge >= 0.3 is 0 Å². The number of halogens is 1. The standard InChI is InChI=1S/C6H11N3.C5H8N2.C2H5F/c1-9-4-6(2-3-7)8-5-9;1-5-6-3-4-7(5)2;1-2-3/h4-5H,2-3,7H2,1H3;3-4H,1-2H3;2H2,1H3. The van der Waals surface area contributed by atoms with Crippen LogP contribution in [0.3, 0.4) is 0 Å². The lowest BCUT2D eigenvalue weighted by Gasteiger charge is -1.87. The largest absolute Gasteiger partial charge is 0.340 e. The lowest BCUT2D eigenvalue weighted by molar-refractivity contribution is 0.527. The highest BCUT2D eigenvalue weighted by atomic mass is 19.1. The molecule has 19 heavy (non-hydrogen) atoms. The number of nitrogens with two attached hydrogens (primary N) is 1. The number of aryl methyl sites for hydroxylation is 3. The summed E-state index contributed by atoms with van der Waals surface area (Å²) in [6.45, 7) is 3.86.